The molecule has 5 heteroatoms. The molecule has 0 spiro atoms. The fraction of sp³-hybridized carbons (Fsp3) is 0.438. The van der Waals surface area contributed by atoms with Gasteiger partial charge in [-0.25, -0.2) is 0 Å². The monoisotopic (exact) mass is 305 g/mol. The van der Waals surface area contributed by atoms with Crippen LogP contribution in [0, 0.1) is 13.8 Å². The van der Waals surface area contributed by atoms with Crippen LogP contribution in [0.25, 0.3) is 0 Å². The molecule has 0 aliphatic heterocycles. The van der Waals surface area contributed by atoms with Gasteiger partial charge < -0.3 is 0 Å². The minimum absolute atomic E-state index is 0.0442. The van der Waals surface area contributed by atoms with Gasteiger partial charge in [0.2, 0.25) is 0 Å². The second-order valence-corrected chi connectivity index (χ2v) is 5.49. The lowest BCUT2D eigenvalue weighted by Gasteiger charge is -2.06. The lowest BCUT2D eigenvalue weighted by atomic mass is 10.1. The maximum Gasteiger partial charge on any atom is 0.168 e. The number of rotatable bonds is 5. The van der Waals surface area contributed by atoms with Crippen LogP contribution in [0.2, 0.25) is 5.02 Å². The summed E-state index contributed by atoms with van der Waals surface area (Å²) in [4.78, 5) is 16.8. The topological polar surface area (TPSA) is 47.8 Å². The summed E-state index contributed by atoms with van der Waals surface area (Å²) < 4.78 is 1.82. The first kappa shape index (κ1) is 15.7. The Hall–Kier alpha value is -1.68. The minimum atomic E-state index is 0.0442. The molecule has 0 aromatic carbocycles. The summed E-state index contributed by atoms with van der Waals surface area (Å²) in [6.07, 6.45) is 1.03. The van der Waals surface area contributed by atoms with Gasteiger partial charge in [-0.3, -0.25) is 14.5 Å². The number of ketones is 1. The third-order valence-electron chi connectivity index (χ3n) is 3.43. The highest BCUT2D eigenvalue weighted by molar-refractivity contribution is 6.32. The van der Waals surface area contributed by atoms with Crippen LogP contribution in [-0.2, 0) is 19.4 Å². The lowest BCUT2D eigenvalue weighted by molar-refractivity contribution is 0.0990. The summed E-state index contributed by atoms with van der Waals surface area (Å²) in [7, 11) is 0. The van der Waals surface area contributed by atoms with E-state index in [-0.39, 0.29) is 12.2 Å². The van der Waals surface area contributed by atoms with Crippen LogP contribution >= 0.6 is 11.6 Å². The van der Waals surface area contributed by atoms with Crippen LogP contribution in [0.15, 0.2) is 12.1 Å². The van der Waals surface area contributed by atoms with Gasteiger partial charge in [-0.05, 0) is 39.3 Å². The zero-order chi connectivity index (χ0) is 15.6. The highest BCUT2D eigenvalue weighted by Gasteiger charge is 2.18. The maximum absolute atomic E-state index is 12.5. The smallest absolute Gasteiger partial charge is 0.168 e. The average molecular weight is 306 g/mol. The van der Waals surface area contributed by atoms with E-state index >= 15 is 0 Å². The third kappa shape index (κ3) is 3.32. The molecule has 21 heavy (non-hydrogen) atoms. The minimum Gasteiger partial charge on any atom is -0.294 e. The Morgan fingerprint density at radius 2 is 1.86 bits per heavy atom. The van der Waals surface area contributed by atoms with Crippen molar-refractivity contribution in [2.24, 2.45) is 0 Å². The second kappa shape index (κ2) is 6.39. The Labute approximate surface area is 130 Å². The van der Waals surface area contributed by atoms with Crippen LogP contribution in [0.1, 0.15) is 47.0 Å². The van der Waals surface area contributed by atoms with Crippen molar-refractivity contribution >= 4 is 17.4 Å². The first-order chi connectivity index (χ1) is 9.96. The standard InChI is InChI=1S/C16H20ClN3O/c1-5-13-16(17)14(20(6-2)19-13)9-15(21)12-7-10(3)18-11(4)8-12/h7-8H,5-6,9H2,1-4H3. The lowest BCUT2D eigenvalue weighted by Crippen LogP contribution is -2.11. The number of carbonyl (C=O) groups is 1. The van der Waals surface area contributed by atoms with Gasteiger partial charge in [0.15, 0.2) is 5.78 Å². The summed E-state index contributed by atoms with van der Waals surface area (Å²) in [5.41, 5.74) is 4.03. The van der Waals surface area contributed by atoms with Crippen LogP contribution in [0.3, 0.4) is 0 Å². The van der Waals surface area contributed by atoms with E-state index < -0.39 is 0 Å². The summed E-state index contributed by atoms with van der Waals surface area (Å²) >= 11 is 6.35. The largest absolute Gasteiger partial charge is 0.294 e. The zero-order valence-corrected chi connectivity index (χ0v) is 13.7. The van der Waals surface area contributed by atoms with Crippen LogP contribution in [0.4, 0.5) is 0 Å². The molecule has 0 unspecified atom stereocenters. The molecule has 0 fully saturated rings. The number of pyridine rings is 1. The third-order valence-corrected chi connectivity index (χ3v) is 3.86. The van der Waals surface area contributed by atoms with E-state index in [1.807, 2.05) is 44.5 Å². The predicted octanol–water partition coefficient (Wildman–Crippen LogP) is 3.56. The van der Waals surface area contributed by atoms with E-state index in [0.717, 1.165) is 29.2 Å². The Balaban J connectivity index is 2.33. The molecule has 0 atom stereocenters. The van der Waals surface area contributed by atoms with Crippen molar-refractivity contribution in [3.63, 3.8) is 0 Å². The van der Waals surface area contributed by atoms with Crippen LogP contribution < -0.4 is 0 Å². The number of aryl methyl sites for hydroxylation is 4. The van der Waals surface area contributed by atoms with Crippen molar-refractivity contribution in [3.8, 4) is 0 Å². The SMILES string of the molecule is CCc1nn(CC)c(CC(=O)c2cc(C)nc(C)c2)c1Cl. The molecule has 0 N–H and O–H groups in total. The van der Waals surface area contributed by atoms with Gasteiger partial charge in [-0.2, -0.15) is 5.10 Å². The Morgan fingerprint density at radius 1 is 1.24 bits per heavy atom. The number of Topliss-reactive ketones (excluding diaryl/α,β-unsaturated/α-hetero) is 1. The van der Waals surface area contributed by atoms with Gasteiger partial charge in [0.1, 0.15) is 0 Å². The first-order valence-corrected chi connectivity index (χ1v) is 7.56. The van der Waals surface area contributed by atoms with E-state index in [2.05, 4.69) is 10.1 Å². The van der Waals surface area contributed by atoms with E-state index in [0.29, 0.717) is 17.1 Å². The van der Waals surface area contributed by atoms with E-state index in [4.69, 9.17) is 11.6 Å². The van der Waals surface area contributed by atoms with Gasteiger partial charge in [0.05, 0.1) is 22.8 Å². The molecule has 4 nitrogen and oxygen atoms in total. The molecule has 0 saturated heterocycles. The van der Waals surface area contributed by atoms with Crippen molar-refractivity contribution in [2.45, 2.75) is 47.1 Å². The summed E-state index contributed by atoms with van der Waals surface area (Å²) in [6.45, 7) is 8.49. The van der Waals surface area contributed by atoms with E-state index in [1.165, 1.54) is 0 Å². The van der Waals surface area contributed by atoms with Crippen LogP contribution in [0.5, 0.6) is 0 Å². The van der Waals surface area contributed by atoms with Gasteiger partial charge in [-0.15, -0.1) is 0 Å². The second-order valence-electron chi connectivity index (χ2n) is 5.12. The molecule has 0 amide bonds. The molecule has 0 radical (unpaired) electrons. The molecule has 2 rings (SSSR count). The fourth-order valence-corrected chi connectivity index (χ4v) is 2.77. The number of hydrogen-bond acceptors (Lipinski definition) is 3. The van der Waals surface area contributed by atoms with Gasteiger partial charge in [0.25, 0.3) is 0 Å². The predicted molar refractivity (Wildman–Crippen MR) is 84.0 cm³/mol. The number of halogens is 1. The molecule has 0 aliphatic rings. The summed E-state index contributed by atoms with van der Waals surface area (Å²) in [5.74, 6) is 0.0442. The van der Waals surface area contributed by atoms with E-state index in [9.17, 15) is 4.79 Å². The normalized spacial score (nSPS) is 10.9. The van der Waals surface area contributed by atoms with Gasteiger partial charge in [-0.1, -0.05) is 18.5 Å². The van der Waals surface area contributed by atoms with E-state index in [1.54, 1.807) is 0 Å². The molecular weight excluding hydrogens is 286 g/mol. The molecule has 112 valence electrons. The van der Waals surface area contributed by atoms with Crippen molar-refractivity contribution in [3.05, 3.63) is 45.5 Å². The Morgan fingerprint density at radius 3 is 2.38 bits per heavy atom. The molecule has 2 aromatic rings. The number of aromatic nitrogens is 3. The molecule has 2 aromatic heterocycles. The molecule has 0 saturated carbocycles. The number of hydrogen-bond donors (Lipinski definition) is 0. The fourth-order valence-electron chi connectivity index (χ4n) is 2.44. The molecule has 0 aliphatic carbocycles. The Kier molecular flexibility index (Phi) is 4.78. The van der Waals surface area contributed by atoms with Crippen molar-refractivity contribution in [2.75, 3.05) is 0 Å². The van der Waals surface area contributed by atoms with Crippen molar-refractivity contribution in [1.82, 2.24) is 14.8 Å². The zero-order valence-electron chi connectivity index (χ0n) is 12.9. The highest BCUT2D eigenvalue weighted by Crippen LogP contribution is 2.23. The van der Waals surface area contributed by atoms with Gasteiger partial charge >= 0.3 is 0 Å². The number of carbonyl (C=O) groups excluding carboxylic acids is 1. The molecular formula is C16H20ClN3O. The first-order valence-electron chi connectivity index (χ1n) is 7.18. The summed E-state index contributed by atoms with van der Waals surface area (Å²) in [6, 6.07) is 3.63. The molecule has 2 heterocycles. The molecule has 0 bridgehead atoms. The average Bonchev–Trinajstić information content (AvgIpc) is 2.74. The van der Waals surface area contributed by atoms with Crippen molar-refractivity contribution in [1.29, 1.82) is 0 Å². The van der Waals surface area contributed by atoms with Crippen molar-refractivity contribution < 1.29 is 4.79 Å². The van der Waals surface area contributed by atoms with Crippen LogP contribution in [-0.4, -0.2) is 20.5 Å². The quantitative estimate of drug-likeness (QED) is 0.794. The summed E-state index contributed by atoms with van der Waals surface area (Å²) in [5, 5.41) is 5.07. The highest BCUT2D eigenvalue weighted by atomic mass is 35.5. The van der Waals surface area contributed by atoms with Gasteiger partial charge in [0, 0.05) is 23.5 Å². The Bertz CT molecular complexity index is 656. The number of nitrogens with zero attached hydrogens (tertiary/aromatic N) is 3. The maximum atomic E-state index is 12.5.